The summed E-state index contributed by atoms with van der Waals surface area (Å²) in [4.78, 5) is 15.8. The molecule has 4 nitrogen and oxygen atoms in total. The molecule has 3 rings (SSSR count). The summed E-state index contributed by atoms with van der Waals surface area (Å²) in [5.41, 5.74) is 1.96. The maximum Gasteiger partial charge on any atom is 0.333 e. The van der Waals surface area contributed by atoms with Gasteiger partial charge in [-0.1, -0.05) is 51.8 Å². The first-order chi connectivity index (χ1) is 10.1. The van der Waals surface area contributed by atoms with Gasteiger partial charge in [0.1, 0.15) is 5.84 Å². The predicted molar refractivity (Wildman–Crippen MR) is 86.1 cm³/mol. The Morgan fingerprint density at radius 3 is 2.62 bits per heavy atom. The van der Waals surface area contributed by atoms with Gasteiger partial charge >= 0.3 is 5.97 Å². The number of aliphatic imine (C=N–C) groups is 1. The molecule has 0 aliphatic carbocycles. The van der Waals surface area contributed by atoms with Crippen molar-refractivity contribution in [1.82, 2.24) is 0 Å². The lowest BCUT2D eigenvalue weighted by atomic mass is 10.0. The minimum atomic E-state index is -1.00. The molecule has 0 saturated heterocycles. The van der Waals surface area contributed by atoms with Crippen LogP contribution in [-0.2, 0) is 4.79 Å². The molecule has 1 aliphatic rings. The van der Waals surface area contributed by atoms with Gasteiger partial charge in [0.05, 0.1) is 10.7 Å². The van der Waals surface area contributed by atoms with Gasteiger partial charge in [-0.2, -0.15) is 0 Å². The number of aliphatic carboxylic acids is 1. The van der Waals surface area contributed by atoms with E-state index in [-0.39, 0.29) is 0 Å². The van der Waals surface area contributed by atoms with Crippen molar-refractivity contribution in [2.75, 3.05) is 5.32 Å². The third-order valence-electron chi connectivity index (χ3n) is 3.19. The molecule has 0 fully saturated rings. The summed E-state index contributed by atoms with van der Waals surface area (Å²) >= 11 is 9.54. The number of hydrogen-bond acceptors (Lipinski definition) is 3. The van der Waals surface area contributed by atoms with E-state index in [1.165, 1.54) is 0 Å². The number of amidine groups is 1. The molecule has 0 spiro atoms. The van der Waals surface area contributed by atoms with Crippen LogP contribution in [0.3, 0.4) is 0 Å². The van der Waals surface area contributed by atoms with E-state index in [4.69, 9.17) is 11.6 Å². The van der Waals surface area contributed by atoms with Gasteiger partial charge in [-0.05, 0) is 18.2 Å². The van der Waals surface area contributed by atoms with Crippen molar-refractivity contribution < 1.29 is 9.90 Å². The van der Waals surface area contributed by atoms with Gasteiger partial charge in [-0.3, -0.25) is 0 Å². The third kappa shape index (κ3) is 2.66. The number of nitrogens with zero attached hydrogens (tertiary/aromatic N) is 1. The monoisotopic (exact) mass is 364 g/mol. The highest BCUT2D eigenvalue weighted by Gasteiger charge is 2.28. The standard InChI is InChI=1S/C15H10BrClN2O2/c16-9-6-4-8(5-7-9)14-18-12-10(2-1-3-11(12)17)13(19-14)15(20)21/h1-7,13H,(H,18,19)(H,20,21). The average molecular weight is 366 g/mol. The molecule has 2 N–H and O–H groups in total. The summed E-state index contributed by atoms with van der Waals surface area (Å²) in [6, 6.07) is 11.7. The van der Waals surface area contributed by atoms with Crippen LogP contribution in [0.2, 0.25) is 5.02 Å². The zero-order valence-corrected chi connectivity index (χ0v) is 13.0. The topological polar surface area (TPSA) is 61.7 Å². The second kappa shape index (κ2) is 5.50. The quantitative estimate of drug-likeness (QED) is 0.842. The highest BCUT2D eigenvalue weighted by molar-refractivity contribution is 9.10. The van der Waals surface area contributed by atoms with E-state index in [0.717, 1.165) is 10.0 Å². The number of halogens is 2. The van der Waals surface area contributed by atoms with E-state index in [1.807, 2.05) is 24.3 Å². The second-order valence-corrected chi connectivity index (χ2v) is 5.88. The molecule has 0 bridgehead atoms. The number of para-hydroxylation sites is 1. The molecule has 2 aromatic carbocycles. The normalized spacial score (nSPS) is 16.7. The SMILES string of the molecule is O=C(O)C1N=C(c2ccc(Br)cc2)Nc2c(Cl)cccc21. The summed E-state index contributed by atoms with van der Waals surface area (Å²) in [6.07, 6.45) is 0. The van der Waals surface area contributed by atoms with Gasteiger partial charge in [0, 0.05) is 15.6 Å². The maximum absolute atomic E-state index is 11.5. The zero-order chi connectivity index (χ0) is 15.0. The summed E-state index contributed by atoms with van der Waals surface area (Å²) in [5.74, 6) is -0.509. The first-order valence-corrected chi connectivity index (χ1v) is 7.35. The van der Waals surface area contributed by atoms with Crippen LogP contribution in [0.4, 0.5) is 5.69 Å². The van der Waals surface area contributed by atoms with Gasteiger partial charge in [-0.15, -0.1) is 0 Å². The van der Waals surface area contributed by atoms with E-state index in [1.54, 1.807) is 18.2 Å². The van der Waals surface area contributed by atoms with Crippen LogP contribution in [0.5, 0.6) is 0 Å². The number of carbonyl (C=O) groups is 1. The summed E-state index contributed by atoms with van der Waals surface area (Å²) in [6.45, 7) is 0. The molecular formula is C15H10BrClN2O2. The Morgan fingerprint density at radius 1 is 1.24 bits per heavy atom. The van der Waals surface area contributed by atoms with Gasteiger partial charge in [0.25, 0.3) is 0 Å². The van der Waals surface area contributed by atoms with E-state index >= 15 is 0 Å². The Balaban J connectivity index is 2.10. The lowest BCUT2D eigenvalue weighted by molar-refractivity contribution is -0.138. The number of hydrogen-bond donors (Lipinski definition) is 2. The summed E-state index contributed by atoms with van der Waals surface area (Å²) in [7, 11) is 0. The number of benzene rings is 2. The van der Waals surface area contributed by atoms with Crippen LogP contribution in [0, 0.1) is 0 Å². The van der Waals surface area contributed by atoms with Crippen LogP contribution in [0.1, 0.15) is 17.2 Å². The lowest BCUT2D eigenvalue weighted by Crippen LogP contribution is -2.25. The van der Waals surface area contributed by atoms with Crippen molar-refractivity contribution in [3.8, 4) is 0 Å². The highest BCUT2D eigenvalue weighted by atomic mass is 79.9. The zero-order valence-electron chi connectivity index (χ0n) is 10.7. The molecule has 0 aromatic heterocycles. The molecule has 1 heterocycles. The molecule has 2 aromatic rings. The second-order valence-electron chi connectivity index (χ2n) is 4.55. The Morgan fingerprint density at radius 2 is 1.95 bits per heavy atom. The van der Waals surface area contributed by atoms with E-state index in [0.29, 0.717) is 22.1 Å². The van der Waals surface area contributed by atoms with Crippen LogP contribution >= 0.6 is 27.5 Å². The highest BCUT2D eigenvalue weighted by Crippen LogP contribution is 2.36. The molecule has 106 valence electrons. The first kappa shape index (κ1) is 14.1. The van der Waals surface area contributed by atoms with Crippen molar-refractivity contribution in [3.63, 3.8) is 0 Å². The van der Waals surface area contributed by atoms with Crippen molar-refractivity contribution in [3.05, 3.63) is 63.1 Å². The van der Waals surface area contributed by atoms with Crippen molar-refractivity contribution >= 4 is 45.0 Å². The largest absolute Gasteiger partial charge is 0.479 e. The molecule has 6 heteroatoms. The fourth-order valence-corrected chi connectivity index (χ4v) is 2.69. The number of anilines is 1. The Hall–Kier alpha value is -1.85. The fourth-order valence-electron chi connectivity index (χ4n) is 2.19. The number of carboxylic acids is 1. The summed E-state index contributed by atoms with van der Waals surface area (Å²) < 4.78 is 0.941. The lowest BCUT2D eigenvalue weighted by Gasteiger charge is -2.24. The Labute approximate surface area is 134 Å². The van der Waals surface area contributed by atoms with Crippen LogP contribution in [-0.4, -0.2) is 16.9 Å². The molecule has 1 unspecified atom stereocenters. The third-order valence-corrected chi connectivity index (χ3v) is 4.04. The molecule has 1 atom stereocenters. The summed E-state index contributed by atoms with van der Waals surface area (Å²) in [5, 5.41) is 13.0. The van der Waals surface area contributed by atoms with Crippen LogP contribution < -0.4 is 5.32 Å². The van der Waals surface area contributed by atoms with Crippen LogP contribution in [0.25, 0.3) is 0 Å². The fraction of sp³-hybridized carbons (Fsp3) is 0.0667. The van der Waals surface area contributed by atoms with Crippen LogP contribution in [0.15, 0.2) is 51.9 Å². The molecule has 21 heavy (non-hydrogen) atoms. The number of carboxylic acid groups (broad SMARTS) is 1. The Kier molecular flexibility index (Phi) is 3.69. The molecule has 0 amide bonds. The maximum atomic E-state index is 11.5. The predicted octanol–water partition coefficient (Wildman–Crippen LogP) is 4.10. The number of fused-ring (bicyclic) bond motifs is 1. The molecule has 0 radical (unpaired) electrons. The molecular weight excluding hydrogens is 356 g/mol. The smallest absolute Gasteiger partial charge is 0.333 e. The first-order valence-electron chi connectivity index (χ1n) is 6.18. The van der Waals surface area contributed by atoms with E-state index < -0.39 is 12.0 Å². The molecule has 0 saturated carbocycles. The van der Waals surface area contributed by atoms with Gasteiger partial charge in [-0.25, -0.2) is 9.79 Å². The molecule has 1 aliphatic heterocycles. The van der Waals surface area contributed by atoms with E-state index in [9.17, 15) is 9.90 Å². The minimum Gasteiger partial charge on any atom is -0.479 e. The van der Waals surface area contributed by atoms with Gasteiger partial charge < -0.3 is 10.4 Å². The minimum absolute atomic E-state index is 0.475. The van der Waals surface area contributed by atoms with E-state index in [2.05, 4.69) is 26.2 Å². The number of rotatable bonds is 2. The average Bonchev–Trinajstić information content (AvgIpc) is 2.47. The number of nitrogens with one attached hydrogen (secondary N) is 1. The van der Waals surface area contributed by atoms with Gasteiger partial charge in [0.2, 0.25) is 0 Å². The Bertz CT molecular complexity index is 744. The van der Waals surface area contributed by atoms with Gasteiger partial charge in [0.15, 0.2) is 6.04 Å². The van der Waals surface area contributed by atoms with Crippen molar-refractivity contribution in [2.24, 2.45) is 4.99 Å². The van der Waals surface area contributed by atoms with Crippen molar-refractivity contribution in [1.29, 1.82) is 0 Å². The van der Waals surface area contributed by atoms with Crippen molar-refractivity contribution in [2.45, 2.75) is 6.04 Å².